The van der Waals surface area contributed by atoms with Crippen molar-refractivity contribution < 1.29 is 9.90 Å². The van der Waals surface area contributed by atoms with Gasteiger partial charge in [-0.1, -0.05) is 0 Å². The second-order valence-electron chi connectivity index (χ2n) is 3.38. The van der Waals surface area contributed by atoms with E-state index >= 15 is 0 Å². The predicted octanol–water partition coefficient (Wildman–Crippen LogP) is 2.66. The van der Waals surface area contributed by atoms with Crippen LogP contribution >= 0.6 is 23.1 Å². The van der Waals surface area contributed by atoms with Crippen LogP contribution < -0.4 is 0 Å². The van der Waals surface area contributed by atoms with Crippen LogP contribution in [0.15, 0.2) is 6.07 Å². The van der Waals surface area contributed by atoms with Crippen LogP contribution in [0, 0.1) is 13.8 Å². The third-order valence-corrected chi connectivity index (χ3v) is 4.03. The minimum absolute atomic E-state index is 0.206. The van der Waals surface area contributed by atoms with E-state index in [1.54, 1.807) is 23.1 Å². The van der Waals surface area contributed by atoms with Crippen LogP contribution in [0.3, 0.4) is 0 Å². The van der Waals surface area contributed by atoms with Gasteiger partial charge in [-0.15, -0.1) is 11.3 Å². The highest BCUT2D eigenvalue weighted by Crippen LogP contribution is 2.22. The van der Waals surface area contributed by atoms with Crippen LogP contribution in [0.2, 0.25) is 0 Å². The molecule has 0 saturated carbocycles. The lowest BCUT2D eigenvalue weighted by Gasteiger charge is -1.99. The number of hydrogen-bond acceptors (Lipinski definition) is 4. The second kappa shape index (κ2) is 6.30. The third-order valence-electron chi connectivity index (χ3n) is 2.02. The average molecular weight is 244 g/mol. The van der Waals surface area contributed by atoms with Crippen molar-refractivity contribution in [1.82, 2.24) is 0 Å². The largest absolute Gasteiger partial charge is 0.396 e. The van der Waals surface area contributed by atoms with Crippen LogP contribution in [0.1, 0.15) is 26.5 Å². The standard InChI is InChI=1S/C11H16O2S2/c1-8-6-10(9(2)15-8)11(13)7-14-5-3-4-12/h6,12H,3-5,7H2,1-2H3. The lowest BCUT2D eigenvalue weighted by atomic mass is 10.2. The molecule has 0 amide bonds. The summed E-state index contributed by atoms with van der Waals surface area (Å²) < 4.78 is 0. The Labute approximate surface area is 98.7 Å². The van der Waals surface area contributed by atoms with Crippen molar-refractivity contribution in [2.75, 3.05) is 18.1 Å². The molecule has 0 aliphatic rings. The van der Waals surface area contributed by atoms with E-state index in [1.165, 1.54) is 4.88 Å². The maximum Gasteiger partial charge on any atom is 0.173 e. The molecule has 0 atom stereocenters. The zero-order valence-corrected chi connectivity index (χ0v) is 10.7. The lowest BCUT2D eigenvalue weighted by Crippen LogP contribution is -2.03. The van der Waals surface area contributed by atoms with Gasteiger partial charge in [-0.3, -0.25) is 4.79 Å². The number of hydrogen-bond donors (Lipinski definition) is 1. The maximum atomic E-state index is 11.8. The van der Waals surface area contributed by atoms with Gasteiger partial charge < -0.3 is 5.11 Å². The zero-order chi connectivity index (χ0) is 11.3. The highest BCUT2D eigenvalue weighted by molar-refractivity contribution is 7.99. The molecule has 1 aromatic rings. The molecule has 0 aromatic carbocycles. The summed E-state index contributed by atoms with van der Waals surface area (Å²) in [5.74, 6) is 1.58. The molecule has 0 bridgehead atoms. The second-order valence-corrected chi connectivity index (χ2v) is 5.95. The van der Waals surface area contributed by atoms with Crippen molar-refractivity contribution in [3.63, 3.8) is 0 Å². The fourth-order valence-corrected chi connectivity index (χ4v) is 3.08. The first-order valence-electron chi connectivity index (χ1n) is 4.94. The van der Waals surface area contributed by atoms with Crippen molar-refractivity contribution in [2.45, 2.75) is 20.3 Å². The minimum atomic E-state index is 0.206. The molecule has 0 fully saturated rings. The molecule has 1 aromatic heterocycles. The number of thioether (sulfide) groups is 1. The number of aliphatic hydroxyl groups excluding tert-OH is 1. The molecule has 0 aliphatic heterocycles. The molecule has 0 spiro atoms. The summed E-state index contributed by atoms with van der Waals surface area (Å²) in [4.78, 5) is 14.1. The molecule has 84 valence electrons. The predicted molar refractivity (Wildman–Crippen MR) is 67.2 cm³/mol. The van der Waals surface area contributed by atoms with Gasteiger partial charge in [0, 0.05) is 21.9 Å². The molecule has 0 saturated heterocycles. The number of carbonyl (C=O) groups excluding carboxylic acids is 1. The Morgan fingerprint density at radius 1 is 1.53 bits per heavy atom. The summed E-state index contributed by atoms with van der Waals surface area (Å²) in [5, 5.41) is 8.60. The average Bonchev–Trinajstić information content (AvgIpc) is 2.52. The van der Waals surface area contributed by atoms with E-state index in [0.29, 0.717) is 5.75 Å². The fraction of sp³-hybridized carbons (Fsp3) is 0.545. The summed E-state index contributed by atoms with van der Waals surface area (Å²) in [6.45, 7) is 4.22. The van der Waals surface area contributed by atoms with Crippen molar-refractivity contribution in [3.8, 4) is 0 Å². The zero-order valence-electron chi connectivity index (χ0n) is 9.08. The molecule has 2 nitrogen and oxygen atoms in total. The molecule has 1 rings (SSSR count). The van der Waals surface area contributed by atoms with E-state index in [1.807, 2.05) is 19.9 Å². The Bertz CT molecular complexity index is 331. The quantitative estimate of drug-likeness (QED) is 0.617. The van der Waals surface area contributed by atoms with E-state index in [9.17, 15) is 4.79 Å². The number of rotatable bonds is 6. The van der Waals surface area contributed by atoms with Crippen molar-refractivity contribution in [1.29, 1.82) is 0 Å². The first-order valence-corrected chi connectivity index (χ1v) is 6.91. The molecule has 0 radical (unpaired) electrons. The highest BCUT2D eigenvalue weighted by Gasteiger charge is 2.11. The van der Waals surface area contributed by atoms with Gasteiger partial charge in [0.05, 0.1) is 5.75 Å². The number of ketones is 1. The fourth-order valence-electron chi connectivity index (χ4n) is 1.32. The molecule has 1 heterocycles. The number of aryl methyl sites for hydroxylation is 2. The van der Waals surface area contributed by atoms with Crippen LogP contribution in [-0.4, -0.2) is 29.0 Å². The van der Waals surface area contributed by atoms with Gasteiger partial charge in [0.25, 0.3) is 0 Å². The van der Waals surface area contributed by atoms with Gasteiger partial charge in [0.2, 0.25) is 0 Å². The first-order chi connectivity index (χ1) is 7.15. The van der Waals surface area contributed by atoms with Gasteiger partial charge in [-0.25, -0.2) is 0 Å². The Balaban J connectivity index is 2.43. The first kappa shape index (κ1) is 12.7. The number of Topliss-reactive ketones (excluding diaryl/α,β-unsaturated/α-hetero) is 1. The molecule has 1 N–H and O–H groups in total. The summed E-state index contributed by atoms with van der Waals surface area (Å²) in [6.07, 6.45) is 0.763. The molecular formula is C11H16O2S2. The van der Waals surface area contributed by atoms with Crippen molar-refractivity contribution >= 4 is 28.9 Å². The van der Waals surface area contributed by atoms with Crippen molar-refractivity contribution in [2.24, 2.45) is 0 Å². The Morgan fingerprint density at radius 2 is 2.27 bits per heavy atom. The van der Waals surface area contributed by atoms with E-state index in [4.69, 9.17) is 5.11 Å². The Kier molecular flexibility index (Phi) is 5.36. The maximum absolute atomic E-state index is 11.8. The molecule has 15 heavy (non-hydrogen) atoms. The highest BCUT2D eigenvalue weighted by atomic mass is 32.2. The number of carbonyl (C=O) groups is 1. The van der Waals surface area contributed by atoms with Gasteiger partial charge in [0.1, 0.15) is 0 Å². The Morgan fingerprint density at radius 3 is 2.80 bits per heavy atom. The topological polar surface area (TPSA) is 37.3 Å². The van der Waals surface area contributed by atoms with Crippen LogP contribution in [0.5, 0.6) is 0 Å². The van der Waals surface area contributed by atoms with Gasteiger partial charge in [0.15, 0.2) is 5.78 Å². The molecule has 4 heteroatoms. The SMILES string of the molecule is Cc1cc(C(=O)CSCCCO)c(C)s1. The summed E-state index contributed by atoms with van der Waals surface area (Å²) in [5.41, 5.74) is 0.869. The summed E-state index contributed by atoms with van der Waals surface area (Å²) in [7, 11) is 0. The lowest BCUT2D eigenvalue weighted by molar-refractivity contribution is 0.102. The Hall–Kier alpha value is -0.320. The minimum Gasteiger partial charge on any atom is -0.396 e. The summed E-state index contributed by atoms with van der Waals surface area (Å²) in [6, 6.07) is 1.97. The normalized spacial score (nSPS) is 10.6. The molecular weight excluding hydrogens is 228 g/mol. The van der Waals surface area contributed by atoms with Gasteiger partial charge >= 0.3 is 0 Å². The van der Waals surface area contributed by atoms with E-state index in [0.717, 1.165) is 22.6 Å². The van der Waals surface area contributed by atoms with Gasteiger partial charge in [-0.2, -0.15) is 11.8 Å². The molecule has 0 unspecified atom stereocenters. The number of thiophene rings is 1. The van der Waals surface area contributed by atoms with Crippen LogP contribution in [0.4, 0.5) is 0 Å². The van der Waals surface area contributed by atoms with E-state index in [-0.39, 0.29) is 12.4 Å². The molecule has 0 aliphatic carbocycles. The number of aliphatic hydroxyl groups is 1. The van der Waals surface area contributed by atoms with Crippen molar-refractivity contribution in [3.05, 3.63) is 21.4 Å². The van der Waals surface area contributed by atoms with Crippen LogP contribution in [-0.2, 0) is 0 Å². The van der Waals surface area contributed by atoms with E-state index in [2.05, 4.69) is 0 Å². The monoisotopic (exact) mass is 244 g/mol. The summed E-state index contributed by atoms with van der Waals surface area (Å²) >= 11 is 3.26. The van der Waals surface area contributed by atoms with Crippen LogP contribution in [0.25, 0.3) is 0 Å². The van der Waals surface area contributed by atoms with E-state index < -0.39 is 0 Å². The van der Waals surface area contributed by atoms with Gasteiger partial charge in [-0.05, 0) is 32.1 Å². The smallest absolute Gasteiger partial charge is 0.173 e. The third kappa shape index (κ3) is 3.97.